The van der Waals surface area contributed by atoms with Crippen molar-refractivity contribution >= 4 is 0 Å². The number of aryl methyl sites for hydroxylation is 4. The lowest BCUT2D eigenvalue weighted by atomic mass is 9.85. The second-order valence-corrected chi connectivity index (χ2v) is 6.88. The van der Waals surface area contributed by atoms with Crippen molar-refractivity contribution in [3.63, 3.8) is 0 Å². The zero-order chi connectivity index (χ0) is 17.3. The molecular weight excluding hydrogens is 252 g/mol. The van der Waals surface area contributed by atoms with Crippen LogP contribution >= 0.6 is 0 Å². The molecule has 0 aromatic heterocycles. The van der Waals surface area contributed by atoms with Crippen molar-refractivity contribution < 1.29 is 2.74 Å². The minimum Gasteiger partial charge on any atom is -0.0620 e. The molecule has 0 spiro atoms. The molecule has 2 aromatic carbocycles. The summed E-state index contributed by atoms with van der Waals surface area (Å²) in [5.74, 6) is 0. The quantitative estimate of drug-likeness (QED) is 0.667. The van der Waals surface area contributed by atoms with Gasteiger partial charge in [0.25, 0.3) is 0 Å². The summed E-state index contributed by atoms with van der Waals surface area (Å²) in [6.07, 6.45) is -0.0222. The molecule has 0 heteroatoms. The predicted molar refractivity (Wildman–Crippen MR) is 93.1 cm³/mol. The normalized spacial score (nSPS) is 13.8. The Balaban J connectivity index is 2.16. The van der Waals surface area contributed by atoms with E-state index in [4.69, 9.17) is 2.74 Å². The Labute approximate surface area is 133 Å². The minimum atomic E-state index is -1.29. The first-order chi connectivity index (χ1) is 10.6. The van der Waals surface area contributed by atoms with E-state index in [1.54, 1.807) is 0 Å². The van der Waals surface area contributed by atoms with E-state index >= 15 is 0 Å². The standard InChI is InChI=1S/C21H28/c1-16-9-6-7-10-18(16)11-8-12-19-13-14-20(15-17(19)2)21(3,4)5/h6-7,9-10,13-15H,8,11-12H2,1-5H3/i11D2. The van der Waals surface area contributed by atoms with Crippen molar-refractivity contribution in [2.45, 2.75) is 59.2 Å². The van der Waals surface area contributed by atoms with Gasteiger partial charge >= 0.3 is 0 Å². The molecule has 21 heavy (non-hydrogen) atoms. The molecule has 0 saturated carbocycles. The van der Waals surface area contributed by atoms with Crippen LogP contribution in [0.15, 0.2) is 42.5 Å². The van der Waals surface area contributed by atoms with Gasteiger partial charge < -0.3 is 0 Å². The SMILES string of the molecule is [2H]C([2H])(CCc1ccc(C(C)(C)C)cc1C)c1ccccc1C. The van der Waals surface area contributed by atoms with E-state index in [-0.39, 0.29) is 5.41 Å². The van der Waals surface area contributed by atoms with Crippen LogP contribution in [0.4, 0.5) is 0 Å². The van der Waals surface area contributed by atoms with Crippen molar-refractivity contribution in [1.29, 1.82) is 0 Å². The average molecular weight is 282 g/mol. The molecule has 0 nitrogen and oxygen atoms in total. The first-order valence-corrected chi connectivity index (χ1v) is 7.77. The van der Waals surface area contributed by atoms with E-state index in [1.165, 1.54) is 16.7 Å². The molecule has 112 valence electrons. The first kappa shape index (κ1) is 13.1. The van der Waals surface area contributed by atoms with Gasteiger partial charge in [-0.05, 0) is 66.3 Å². The van der Waals surface area contributed by atoms with Gasteiger partial charge in [0, 0.05) is 2.74 Å². The molecular formula is C21H28. The molecule has 0 aliphatic carbocycles. The molecule has 0 saturated heterocycles. The molecule has 0 aliphatic rings. The van der Waals surface area contributed by atoms with Gasteiger partial charge in [0.05, 0.1) is 0 Å². The van der Waals surface area contributed by atoms with Crippen LogP contribution in [0.5, 0.6) is 0 Å². The fourth-order valence-electron chi connectivity index (χ4n) is 2.55. The summed E-state index contributed by atoms with van der Waals surface area (Å²) in [7, 11) is 0. The Morgan fingerprint density at radius 3 is 2.24 bits per heavy atom. The van der Waals surface area contributed by atoms with Gasteiger partial charge in [-0.2, -0.15) is 0 Å². The molecule has 0 aliphatic heterocycles. The third-order valence-electron chi connectivity index (χ3n) is 4.06. The van der Waals surface area contributed by atoms with Crippen molar-refractivity contribution in [1.82, 2.24) is 0 Å². The fourth-order valence-corrected chi connectivity index (χ4v) is 2.55. The smallest absolute Gasteiger partial charge is 0.0316 e. The molecule has 0 atom stereocenters. The summed E-state index contributed by atoms with van der Waals surface area (Å²) in [6, 6.07) is 14.4. The van der Waals surface area contributed by atoms with Crippen molar-refractivity contribution in [2.24, 2.45) is 0 Å². The maximum atomic E-state index is 8.44. The summed E-state index contributed by atoms with van der Waals surface area (Å²) in [5.41, 5.74) is 5.83. The van der Waals surface area contributed by atoms with Crippen molar-refractivity contribution in [3.8, 4) is 0 Å². The highest BCUT2D eigenvalue weighted by Gasteiger charge is 2.14. The van der Waals surface area contributed by atoms with Gasteiger partial charge in [0.2, 0.25) is 0 Å². The third-order valence-corrected chi connectivity index (χ3v) is 4.06. The summed E-state index contributed by atoms with van der Waals surface area (Å²) < 4.78 is 16.9. The minimum absolute atomic E-state index is 0.152. The number of hydrogen-bond acceptors (Lipinski definition) is 0. The molecule has 0 amide bonds. The molecule has 0 N–H and O–H groups in total. The van der Waals surface area contributed by atoms with Crippen LogP contribution in [-0.2, 0) is 18.2 Å². The molecule has 0 bridgehead atoms. The molecule has 0 heterocycles. The Hall–Kier alpha value is -1.56. The Morgan fingerprint density at radius 1 is 0.905 bits per heavy atom. The van der Waals surface area contributed by atoms with Crippen LogP contribution in [0.25, 0.3) is 0 Å². The van der Waals surface area contributed by atoms with Gasteiger partial charge in [-0.1, -0.05) is 63.2 Å². The lowest BCUT2D eigenvalue weighted by molar-refractivity contribution is 0.589. The van der Waals surface area contributed by atoms with Crippen LogP contribution in [0, 0.1) is 13.8 Å². The third kappa shape index (κ3) is 4.20. The topological polar surface area (TPSA) is 0 Å². The lowest BCUT2D eigenvalue weighted by Crippen LogP contribution is -2.11. The highest BCUT2D eigenvalue weighted by atomic mass is 14.2. The van der Waals surface area contributed by atoms with Crippen LogP contribution < -0.4 is 0 Å². The summed E-state index contributed by atoms with van der Waals surface area (Å²) in [4.78, 5) is 0. The largest absolute Gasteiger partial charge is 0.0620 e. The molecule has 0 fully saturated rings. The first-order valence-electron chi connectivity index (χ1n) is 8.77. The van der Waals surface area contributed by atoms with Crippen molar-refractivity contribution in [2.75, 3.05) is 0 Å². The van der Waals surface area contributed by atoms with E-state index in [9.17, 15) is 0 Å². The Morgan fingerprint density at radius 2 is 1.62 bits per heavy atom. The highest BCUT2D eigenvalue weighted by Crippen LogP contribution is 2.25. The van der Waals surface area contributed by atoms with Gasteiger partial charge in [-0.3, -0.25) is 0 Å². The van der Waals surface area contributed by atoms with Crippen LogP contribution in [0.2, 0.25) is 0 Å². The number of benzene rings is 2. The average Bonchev–Trinajstić information content (AvgIpc) is 2.45. The molecule has 0 radical (unpaired) electrons. The van der Waals surface area contributed by atoms with Crippen molar-refractivity contribution in [3.05, 3.63) is 70.3 Å². The van der Waals surface area contributed by atoms with Crippen LogP contribution in [-0.4, -0.2) is 0 Å². The Kier molecular flexibility index (Phi) is 4.05. The van der Waals surface area contributed by atoms with Gasteiger partial charge in [0.1, 0.15) is 0 Å². The van der Waals surface area contributed by atoms with Gasteiger partial charge in [-0.15, -0.1) is 0 Å². The van der Waals surface area contributed by atoms with Crippen LogP contribution in [0.1, 0.15) is 57.8 Å². The van der Waals surface area contributed by atoms with E-state index in [0.29, 0.717) is 6.42 Å². The summed E-state index contributed by atoms with van der Waals surface area (Å²) in [5, 5.41) is 0. The van der Waals surface area contributed by atoms with Crippen LogP contribution in [0.3, 0.4) is 0 Å². The predicted octanol–water partition coefficient (Wildman–Crippen LogP) is 5.78. The van der Waals surface area contributed by atoms with E-state index in [1.807, 2.05) is 31.2 Å². The monoisotopic (exact) mass is 282 g/mol. The van der Waals surface area contributed by atoms with Gasteiger partial charge in [-0.25, -0.2) is 0 Å². The molecule has 2 aromatic rings. The summed E-state index contributed by atoms with van der Waals surface area (Å²) in [6.45, 7) is 10.8. The zero-order valence-electron chi connectivity index (χ0n) is 16.0. The second kappa shape index (κ2) is 6.47. The second-order valence-electron chi connectivity index (χ2n) is 6.88. The highest BCUT2D eigenvalue weighted by molar-refractivity contribution is 5.34. The Bertz CT molecular complexity index is 678. The maximum Gasteiger partial charge on any atom is 0.0316 e. The zero-order valence-corrected chi connectivity index (χ0v) is 14.0. The maximum absolute atomic E-state index is 8.44. The fraction of sp³-hybridized carbons (Fsp3) is 0.429. The van der Waals surface area contributed by atoms with E-state index in [0.717, 1.165) is 17.5 Å². The molecule has 2 rings (SSSR count). The van der Waals surface area contributed by atoms with E-state index in [2.05, 4.69) is 45.9 Å². The van der Waals surface area contributed by atoms with E-state index < -0.39 is 6.37 Å². The van der Waals surface area contributed by atoms with Gasteiger partial charge in [0.15, 0.2) is 0 Å². The number of rotatable bonds is 4. The number of hydrogen-bond donors (Lipinski definition) is 0. The molecule has 0 unspecified atom stereocenters. The lowest BCUT2D eigenvalue weighted by Gasteiger charge is -2.20. The summed E-state index contributed by atoms with van der Waals surface area (Å²) >= 11 is 0.